The van der Waals surface area contributed by atoms with Gasteiger partial charge in [0.25, 0.3) is 0 Å². The fraction of sp³-hybridized carbons (Fsp3) is 1.00. The molecule has 0 heterocycles. The lowest BCUT2D eigenvalue weighted by molar-refractivity contribution is 0.198. The molecule has 1 radical (unpaired) electrons. The van der Waals surface area contributed by atoms with Crippen LogP contribution >= 0.6 is 0 Å². The van der Waals surface area contributed by atoms with E-state index in [1.165, 1.54) is 12.5 Å². The molecule has 1 atom stereocenters. The highest BCUT2D eigenvalue weighted by Gasteiger charge is 2.29. The van der Waals surface area contributed by atoms with Crippen molar-refractivity contribution in [2.75, 3.05) is 13.7 Å². The summed E-state index contributed by atoms with van der Waals surface area (Å²) in [6.07, 6.45) is 1.18. The maximum absolute atomic E-state index is 5.97. The number of rotatable bonds is 7. The van der Waals surface area contributed by atoms with Crippen molar-refractivity contribution < 1.29 is 9.16 Å². The van der Waals surface area contributed by atoms with Crippen molar-refractivity contribution in [3.05, 3.63) is 0 Å². The Bertz CT molecular complexity index is 149. The fourth-order valence-corrected chi connectivity index (χ4v) is 5.54. The van der Waals surface area contributed by atoms with Gasteiger partial charge in [0.2, 0.25) is 9.04 Å². The Morgan fingerprint density at radius 2 is 1.86 bits per heavy atom. The van der Waals surface area contributed by atoms with Crippen molar-refractivity contribution in [1.29, 1.82) is 0 Å². The molecule has 0 fully saturated rings. The van der Waals surface area contributed by atoms with Crippen LogP contribution in [0.5, 0.6) is 0 Å². The summed E-state index contributed by atoms with van der Waals surface area (Å²) in [5, 5.41) is 0. The van der Waals surface area contributed by atoms with Gasteiger partial charge in [-0.1, -0.05) is 19.1 Å². The van der Waals surface area contributed by atoms with Crippen LogP contribution in [0.3, 0.4) is 0 Å². The summed E-state index contributed by atoms with van der Waals surface area (Å²) in [6.45, 7) is 12.4. The molecule has 0 aliphatic heterocycles. The van der Waals surface area contributed by atoms with Crippen LogP contribution in [0.2, 0.25) is 32.2 Å². The molecule has 14 heavy (non-hydrogen) atoms. The second-order valence-electron chi connectivity index (χ2n) is 4.75. The number of ether oxygens (including phenoxy) is 1. The summed E-state index contributed by atoms with van der Waals surface area (Å²) in [6, 6.07) is 1.30. The summed E-state index contributed by atoms with van der Waals surface area (Å²) >= 11 is 0. The van der Waals surface area contributed by atoms with Gasteiger partial charge >= 0.3 is 0 Å². The Kier molecular flexibility index (Phi) is 6.94. The van der Waals surface area contributed by atoms with Crippen molar-refractivity contribution in [3.8, 4) is 0 Å². The van der Waals surface area contributed by atoms with E-state index in [1.807, 2.05) is 0 Å². The van der Waals surface area contributed by atoms with Gasteiger partial charge in [0.1, 0.15) is 0 Å². The van der Waals surface area contributed by atoms with E-state index in [2.05, 4.69) is 33.1 Å². The van der Waals surface area contributed by atoms with E-state index < -0.39 is 17.1 Å². The van der Waals surface area contributed by atoms with E-state index in [4.69, 9.17) is 9.16 Å². The Morgan fingerprint density at radius 1 is 1.29 bits per heavy atom. The molecule has 1 unspecified atom stereocenters. The maximum atomic E-state index is 5.97. The lowest BCUT2D eigenvalue weighted by Crippen LogP contribution is -2.43. The first kappa shape index (κ1) is 14.4. The lowest BCUT2D eigenvalue weighted by atomic mass is 10.5. The summed E-state index contributed by atoms with van der Waals surface area (Å²) in [7, 11) is 0.0454. The van der Waals surface area contributed by atoms with Gasteiger partial charge in [-0.3, -0.25) is 0 Å². The van der Waals surface area contributed by atoms with Gasteiger partial charge in [0.05, 0.1) is 8.07 Å². The minimum Gasteiger partial charge on any atom is -0.418 e. The molecule has 4 heteroatoms. The Hall–Kier alpha value is 0.354. The number of hydrogen-bond acceptors (Lipinski definition) is 2. The van der Waals surface area contributed by atoms with E-state index in [0.717, 1.165) is 6.61 Å². The van der Waals surface area contributed by atoms with Crippen LogP contribution in [0, 0.1) is 0 Å². The quantitative estimate of drug-likeness (QED) is 0.497. The molecule has 0 aromatic carbocycles. The SMILES string of the molecule is COCCC[Si](C)(C)C(C)O[Si](C)C. The van der Waals surface area contributed by atoms with Gasteiger partial charge in [-0.2, -0.15) is 0 Å². The second kappa shape index (κ2) is 6.77. The van der Waals surface area contributed by atoms with Crippen LogP contribution in [0.25, 0.3) is 0 Å². The molecule has 0 bridgehead atoms. The van der Waals surface area contributed by atoms with Crippen LogP contribution in [0.15, 0.2) is 0 Å². The molecular weight excluding hydrogens is 208 g/mol. The molecule has 2 nitrogen and oxygen atoms in total. The molecule has 0 amide bonds. The summed E-state index contributed by atoms with van der Waals surface area (Å²) in [5.41, 5.74) is 0.489. The normalized spacial score (nSPS) is 14.8. The third-order valence-corrected chi connectivity index (χ3v) is 7.70. The molecule has 0 aliphatic rings. The zero-order valence-corrected chi connectivity index (χ0v) is 12.5. The van der Waals surface area contributed by atoms with E-state index in [9.17, 15) is 0 Å². The zero-order valence-electron chi connectivity index (χ0n) is 10.5. The lowest BCUT2D eigenvalue weighted by Gasteiger charge is -2.31. The average molecular weight is 233 g/mol. The van der Waals surface area contributed by atoms with Gasteiger partial charge in [-0.15, -0.1) is 0 Å². The molecule has 0 N–H and O–H groups in total. The average Bonchev–Trinajstić information content (AvgIpc) is 2.03. The third kappa shape index (κ3) is 5.95. The minimum absolute atomic E-state index is 0.489. The third-order valence-electron chi connectivity index (χ3n) is 2.68. The van der Waals surface area contributed by atoms with Crippen LogP contribution in [-0.4, -0.2) is 36.6 Å². The molecule has 0 saturated carbocycles. The smallest absolute Gasteiger partial charge is 0.204 e. The first-order valence-electron chi connectivity index (χ1n) is 5.36. The summed E-state index contributed by atoms with van der Waals surface area (Å²) < 4.78 is 11.1. The molecule has 85 valence electrons. The highest BCUT2D eigenvalue weighted by atomic mass is 28.3. The van der Waals surface area contributed by atoms with E-state index in [-0.39, 0.29) is 0 Å². The molecule has 0 saturated heterocycles. The van der Waals surface area contributed by atoms with Crippen LogP contribution in [0.1, 0.15) is 13.3 Å². The second-order valence-corrected chi connectivity index (χ2v) is 12.1. The van der Waals surface area contributed by atoms with Crippen molar-refractivity contribution >= 4 is 17.1 Å². The van der Waals surface area contributed by atoms with E-state index in [0.29, 0.717) is 5.73 Å². The number of methoxy groups -OCH3 is 1. The van der Waals surface area contributed by atoms with Crippen LogP contribution < -0.4 is 0 Å². The summed E-state index contributed by atoms with van der Waals surface area (Å²) in [4.78, 5) is 0. The van der Waals surface area contributed by atoms with Gasteiger partial charge in [-0.25, -0.2) is 0 Å². The zero-order chi connectivity index (χ0) is 11.2. The van der Waals surface area contributed by atoms with Crippen molar-refractivity contribution in [1.82, 2.24) is 0 Å². The van der Waals surface area contributed by atoms with Gasteiger partial charge in [0.15, 0.2) is 0 Å². The van der Waals surface area contributed by atoms with Crippen molar-refractivity contribution in [2.24, 2.45) is 0 Å². The van der Waals surface area contributed by atoms with E-state index in [1.54, 1.807) is 7.11 Å². The van der Waals surface area contributed by atoms with Crippen LogP contribution in [-0.2, 0) is 9.16 Å². The first-order valence-corrected chi connectivity index (χ1v) is 11.0. The Balaban J connectivity index is 3.89. The molecule has 0 aliphatic carbocycles. The fourth-order valence-electron chi connectivity index (χ4n) is 1.39. The standard InChI is InChI=1S/C10H25O2Si2/c1-10(12-13(3)4)14(5,6)9-7-8-11-2/h10H,7-9H2,1-6H3. The molecule has 0 aromatic heterocycles. The summed E-state index contributed by atoms with van der Waals surface area (Å²) in [5.74, 6) is 0. The van der Waals surface area contributed by atoms with E-state index >= 15 is 0 Å². The molecular formula is C10H25O2Si2. The van der Waals surface area contributed by atoms with Gasteiger partial charge < -0.3 is 9.16 Å². The first-order chi connectivity index (χ1) is 6.40. The van der Waals surface area contributed by atoms with Crippen molar-refractivity contribution in [3.63, 3.8) is 0 Å². The highest BCUT2D eigenvalue weighted by molar-refractivity contribution is 6.79. The molecule has 0 rings (SSSR count). The Morgan fingerprint density at radius 3 is 2.29 bits per heavy atom. The molecule has 0 spiro atoms. The predicted molar refractivity (Wildman–Crippen MR) is 66.8 cm³/mol. The molecule has 0 aromatic rings. The highest BCUT2D eigenvalue weighted by Crippen LogP contribution is 2.19. The predicted octanol–water partition coefficient (Wildman–Crippen LogP) is 2.93. The van der Waals surface area contributed by atoms with Crippen LogP contribution in [0.4, 0.5) is 0 Å². The van der Waals surface area contributed by atoms with Gasteiger partial charge in [0, 0.05) is 19.4 Å². The minimum atomic E-state index is -1.18. The topological polar surface area (TPSA) is 18.5 Å². The number of hydrogen-bond donors (Lipinski definition) is 0. The van der Waals surface area contributed by atoms with Gasteiger partial charge in [-0.05, 0) is 26.4 Å². The maximum Gasteiger partial charge on any atom is 0.204 e. The Labute approximate surface area is 91.7 Å². The monoisotopic (exact) mass is 233 g/mol. The van der Waals surface area contributed by atoms with Crippen molar-refractivity contribution in [2.45, 2.75) is 51.3 Å². The largest absolute Gasteiger partial charge is 0.418 e.